The van der Waals surface area contributed by atoms with Crippen molar-refractivity contribution in [3.05, 3.63) is 77.9 Å². The topological polar surface area (TPSA) is 37.4 Å². The number of hydrogen-bond acceptors (Lipinski definition) is 2. The second-order valence-corrected chi connectivity index (χ2v) is 10.3. The van der Waals surface area contributed by atoms with Crippen LogP contribution in [0.15, 0.2) is 66.8 Å². The fourth-order valence-corrected chi connectivity index (χ4v) is 6.60. The third-order valence-corrected chi connectivity index (χ3v) is 8.01. The van der Waals surface area contributed by atoms with E-state index in [2.05, 4.69) is 24.8 Å². The molecule has 2 aliphatic rings. The van der Waals surface area contributed by atoms with Gasteiger partial charge in [0.2, 0.25) is 10.0 Å². The zero-order valence-corrected chi connectivity index (χ0v) is 19.0. The van der Waals surface area contributed by atoms with Gasteiger partial charge in [-0.1, -0.05) is 99.4 Å². The monoisotopic (exact) mass is 425 g/mol. The van der Waals surface area contributed by atoms with Crippen LogP contribution >= 0.6 is 0 Å². The van der Waals surface area contributed by atoms with Crippen LogP contribution in [0.2, 0.25) is 0 Å². The molecule has 1 aromatic rings. The van der Waals surface area contributed by atoms with E-state index in [1.54, 1.807) is 16.5 Å². The van der Waals surface area contributed by atoms with E-state index in [0.29, 0.717) is 12.5 Å². The molecule has 4 heteroatoms. The van der Waals surface area contributed by atoms with Gasteiger partial charge in [-0.25, -0.2) is 8.42 Å². The summed E-state index contributed by atoms with van der Waals surface area (Å²) in [5, 5.41) is 0. The van der Waals surface area contributed by atoms with Crippen LogP contribution in [0, 0.1) is 5.92 Å². The molecule has 3 rings (SSSR count). The van der Waals surface area contributed by atoms with Gasteiger partial charge in [0.15, 0.2) is 0 Å². The highest BCUT2D eigenvalue weighted by Crippen LogP contribution is 2.41. The number of fused-ring (bicyclic) bond motifs is 1. The summed E-state index contributed by atoms with van der Waals surface area (Å²) >= 11 is 0. The first-order valence-corrected chi connectivity index (χ1v) is 12.9. The lowest BCUT2D eigenvalue weighted by molar-refractivity contribution is 0.216. The summed E-state index contributed by atoms with van der Waals surface area (Å²) in [5.41, 5.74) is 3.07. The Morgan fingerprint density at radius 1 is 1.13 bits per heavy atom. The van der Waals surface area contributed by atoms with Gasteiger partial charge in [0.1, 0.15) is 0 Å². The van der Waals surface area contributed by atoms with E-state index in [4.69, 9.17) is 0 Å². The third-order valence-electron chi connectivity index (χ3n) is 6.22. The fraction of sp³-hybridized carbons (Fsp3) is 0.462. The molecule has 0 spiro atoms. The molecular weight excluding hydrogens is 390 g/mol. The molecule has 1 atom stereocenters. The second kappa shape index (κ2) is 10.9. The van der Waals surface area contributed by atoms with E-state index < -0.39 is 10.0 Å². The Bertz CT molecular complexity index is 903. The Hall–Kier alpha value is -1.91. The molecule has 0 bridgehead atoms. The van der Waals surface area contributed by atoms with Crippen LogP contribution in [-0.2, 0) is 10.0 Å². The average Bonchev–Trinajstić information content (AvgIpc) is 2.88. The van der Waals surface area contributed by atoms with Gasteiger partial charge in [0.25, 0.3) is 0 Å². The summed E-state index contributed by atoms with van der Waals surface area (Å²) in [6.45, 7) is 6.08. The smallest absolute Gasteiger partial charge is 0.212 e. The highest BCUT2D eigenvalue weighted by molar-refractivity contribution is 7.89. The van der Waals surface area contributed by atoms with Crippen LogP contribution in [0.4, 0.5) is 0 Å². The number of allylic oxidation sites excluding steroid dienone is 4. The average molecular weight is 426 g/mol. The van der Waals surface area contributed by atoms with Crippen molar-refractivity contribution >= 4 is 16.1 Å². The van der Waals surface area contributed by atoms with Crippen molar-refractivity contribution in [3.8, 4) is 0 Å². The molecule has 30 heavy (non-hydrogen) atoms. The van der Waals surface area contributed by atoms with Crippen LogP contribution in [0.1, 0.15) is 69.0 Å². The predicted octanol–water partition coefficient (Wildman–Crippen LogP) is 6.44. The number of hydrogen-bond donors (Lipinski definition) is 0. The van der Waals surface area contributed by atoms with E-state index in [1.165, 1.54) is 32.1 Å². The molecule has 3 nitrogen and oxygen atoms in total. The van der Waals surface area contributed by atoms with E-state index >= 15 is 0 Å². The first kappa shape index (κ1) is 22.8. The van der Waals surface area contributed by atoms with E-state index in [1.807, 2.05) is 37.3 Å². The molecule has 0 radical (unpaired) electrons. The quantitative estimate of drug-likeness (QED) is 0.492. The van der Waals surface area contributed by atoms with Gasteiger partial charge < -0.3 is 0 Å². The van der Waals surface area contributed by atoms with Crippen molar-refractivity contribution in [2.75, 3.05) is 12.3 Å². The Morgan fingerprint density at radius 3 is 2.53 bits per heavy atom. The zero-order valence-electron chi connectivity index (χ0n) is 18.2. The van der Waals surface area contributed by atoms with Gasteiger partial charge >= 0.3 is 0 Å². The summed E-state index contributed by atoms with van der Waals surface area (Å²) in [5.74, 6) is 0.359. The lowest BCUT2D eigenvalue weighted by Crippen LogP contribution is -2.40. The minimum Gasteiger partial charge on any atom is -0.212 e. The Labute approximate surface area is 182 Å². The number of sulfonamides is 1. The highest BCUT2D eigenvalue weighted by atomic mass is 32.2. The second-order valence-electron chi connectivity index (χ2n) is 8.38. The molecule has 1 fully saturated rings. The molecule has 1 aromatic carbocycles. The van der Waals surface area contributed by atoms with Crippen molar-refractivity contribution in [2.24, 2.45) is 5.92 Å². The minimum atomic E-state index is -3.50. The molecule has 0 saturated heterocycles. The predicted molar refractivity (Wildman–Crippen MR) is 128 cm³/mol. The van der Waals surface area contributed by atoms with Crippen LogP contribution in [-0.4, -0.2) is 25.0 Å². The zero-order chi connectivity index (χ0) is 21.4. The van der Waals surface area contributed by atoms with E-state index in [-0.39, 0.29) is 11.8 Å². The number of rotatable bonds is 6. The Kier molecular flexibility index (Phi) is 8.29. The van der Waals surface area contributed by atoms with Gasteiger partial charge in [0, 0.05) is 6.54 Å². The summed E-state index contributed by atoms with van der Waals surface area (Å²) in [4.78, 5) is 0. The maximum Gasteiger partial charge on any atom is 0.219 e. The lowest BCUT2D eigenvalue weighted by Gasteiger charge is -2.37. The van der Waals surface area contributed by atoms with Gasteiger partial charge in [-0.3, -0.25) is 0 Å². The van der Waals surface area contributed by atoms with Crippen LogP contribution in [0.3, 0.4) is 0 Å². The molecule has 0 N–H and O–H groups in total. The lowest BCUT2D eigenvalue weighted by atomic mass is 9.82. The van der Waals surface area contributed by atoms with Gasteiger partial charge in [-0.2, -0.15) is 4.31 Å². The molecule has 1 heterocycles. The molecule has 1 saturated carbocycles. The van der Waals surface area contributed by atoms with Gasteiger partial charge in [-0.15, -0.1) is 0 Å². The highest BCUT2D eigenvalue weighted by Gasteiger charge is 2.37. The SMILES string of the molecule is C=C/C=C(\C=C/C)CS(=O)(=O)N1CC=Cc2ccccc2C1C1CCCCCCC1. The standard InChI is InChI=1S/C26H35NO2S/c1-3-13-22(14-4-2)21-30(28,29)27-20-12-18-23-15-10-11-19-25(23)26(27)24-16-8-6-5-7-9-17-24/h3-4,10-15,18-19,24,26H,1,5-9,16-17,20-21H2,2H3/b14-4-,22-13+. The van der Waals surface area contributed by atoms with Crippen molar-refractivity contribution in [1.29, 1.82) is 0 Å². The summed E-state index contributed by atoms with van der Waals surface area (Å²) < 4.78 is 29.2. The normalized spacial score (nSPS) is 22.3. The van der Waals surface area contributed by atoms with Crippen LogP contribution in [0.25, 0.3) is 6.08 Å². The minimum absolute atomic E-state index is 0.00257. The molecular formula is C26H35NO2S. The number of nitrogens with zero attached hydrogens (tertiary/aromatic N) is 1. The number of benzene rings is 1. The molecule has 0 amide bonds. The summed E-state index contributed by atoms with van der Waals surface area (Å²) in [7, 11) is -3.50. The van der Waals surface area contributed by atoms with E-state index in [0.717, 1.165) is 29.5 Å². The van der Waals surface area contributed by atoms with Crippen LogP contribution in [0.5, 0.6) is 0 Å². The fourth-order valence-electron chi connectivity index (χ4n) is 4.87. The molecule has 1 unspecified atom stereocenters. The molecule has 1 aliphatic carbocycles. The van der Waals surface area contributed by atoms with Gasteiger partial charge in [0.05, 0.1) is 11.8 Å². The van der Waals surface area contributed by atoms with E-state index in [9.17, 15) is 8.42 Å². The third kappa shape index (κ3) is 5.61. The van der Waals surface area contributed by atoms with Crippen molar-refractivity contribution in [3.63, 3.8) is 0 Å². The van der Waals surface area contributed by atoms with Crippen molar-refractivity contribution in [2.45, 2.75) is 57.9 Å². The maximum absolute atomic E-state index is 13.7. The van der Waals surface area contributed by atoms with Gasteiger partial charge in [-0.05, 0) is 42.4 Å². The van der Waals surface area contributed by atoms with Crippen LogP contribution < -0.4 is 0 Å². The summed E-state index contributed by atoms with van der Waals surface area (Å²) in [6, 6.07) is 8.22. The largest absolute Gasteiger partial charge is 0.219 e. The molecule has 0 aromatic heterocycles. The summed E-state index contributed by atoms with van der Waals surface area (Å²) in [6.07, 6.45) is 19.7. The first-order valence-electron chi connectivity index (χ1n) is 11.3. The first-order chi connectivity index (χ1) is 14.6. The maximum atomic E-state index is 13.7. The Morgan fingerprint density at radius 2 is 1.83 bits per heavy atom. The van der Waals surface area contributed by atoms with Crippen molar-refractivity contribution < 1.29 is 8.42 Å². The molecule has 1 aliphatic heterocycles. The van der Waals surface area contributed by atoms with Crippen molar-refractivity contribution in [1.82, 2.24) is 4.31 Å². The Balaban J connectivity index is 2.02. The molecule has 162 valence electrons.